The summed E-state index contributed by atoms with van der Waals surface area (Å²) >= 11 is 0. The monoisotopic (exact) mass is 1220 g/mol. The summed E-state index contributed by atoms with van der Waals surface area (Å²) in [6, 6.07) is 133. The predicted octanol–water partition coefficient (Wildman–Crippen LogP) is 26.6. The van der Waals surface area contributed by atoms with E-state index in [9.17, 15) is 0 Å². The van der Waals surface area contributed by atoms with Crippen molar-refractivity contribution in [3.8, 4) is 44.5 Å². The Morgan fingerprint density at radius 1 is 0.156 bits per heavy atom. The van der Waals surface area contributed by atoms with Crippen LogP contribution in [0.5, 0.6) is 0 Å². The number of rotatable bonds is 14. The van der Waals surface area contributed by atoms with Crippen LogP contribution in [0.3, 0.4) is 0 Å². The topological polar surface area (TPSA) is 6.48 Å². The average Bonchev–Trinajstić information content (AvgIpc) is 0.744. The molecule has 0 aliphatic rings. The van der Waals surface area contributed by atoms with Crippen molar-refractivity contribution in [2.24, 2.45) is 0 Å². The molecule has 0 fully saturated rings. The molecular formula is C94H64N2. The van der Waals surface area contributed by atoms with Crippen molar-refractivity contribution in [1.29, 1.82) is 0 Å². The van der Waals surface area contributed by atoms with Gasteiger partial charge in [0.15, 0.2) is 0 Å². The number of nitrogens with zero attached hydrogens (tertiary/aromatic N) is 2. The molecule has 0 amide bonds. The smallest absolute Gasteiger partial charge is 0.0462 e. The number of fused-ring (bicyclic) bond motifs is 10. The molecule has 0 unspecified atom stereocenters. The lowest BCUT2D eigenvalue weighted by Gasteiger charge is -2.26. The summed E-state index contributed by atoms with van der Waals surface area (Å²) < 4.78 is 0. The highest BCUT2D eigenvalue weighted by molar-refractivity contribution is 6.25. The molecule has 0 spiro atoms. The van der Waals surface area contributed by atoms with Crippen LogP contribution in [0.25, 0.3) is 133 Å². The molecule has 0 N–H and O–H groups in total. The number of hydrogen-bond acceptors (Lipinski definition) is 2. The summed E-state index contributed by atoms with van der Waals surface area (Å²) in [5.74, 6) is 0. The normalized spacial score (nSPS) is 11.7. The second-order valence-electron chi connectivity index (χ2n) is 24.7. The molecule has 450 valence electrons. The van der Waals surface area contributed by atoms with Crippen LogP contribution in [0.4, 0.5) is 34.1 Å². The SMILES string of the molecule is C(=Cc1ccc(N(c2ccccc2)c2ccc(-c3ccc(-c4ccc(-c5ccc(-c6ccc(N(c7ccccc7)c7ccc(C=Cc8ccccc8)cc7)cc6)c6c5ccc5c7ccccc7ccc56)cc4)c4c3ccc3c5ccccc5ccc34)cc2)cc1)c1ccccc1. The Balaban J connectivity index is 0.736. The first kappa shape index (κ1) is 57.3. The summed E-state index contributed by atoms with van der Waals surface area (Å²) in [7, 11) is 0. The van der Waals surface area contributed by atoms with Crippen LogP contribution in [-0.2, 0) is 0 Å². The molecule has 0 heterocycles. The Hall–Kier alpha value is -12.6. The van der Waals surface area contributed by atoms with Gasteiger partial charge in [-0.2, -0.15) is 0 Å². The van der Waals surface area contributed by atoms with Gasteiger partial charge in [-0.25, -0.2) is 0 Å². The molecule has 0 aromatic heterocycles. The molecule has 17 aromatic carbocycles. The molecule has 0 saturated carbocycles. The van der Waals surface area contributed by atoms with Crippen LogP contribution in [0, 0.1) is 0 Å². The Morgan fingerprint density at radius 3 is 0.792 bits per heavy atom. The molecule has 0 bridgehead atoms. The van der Waals surface area contributed by atoms with E-state index in [4.69, 9.17) is 0 Å². The maximum Gasteiger partial charge on any atom is 0.0462 e. The number of para-hydroxylation sites is 2. The van der Waals surface area contributed by atoms with Crippen molar-refractivity contribution in [3.05, 3.63) is 386 Å². The maximum absolute atomic E-state index is 2.36. The Kier molecular flexibility index (Phi) is 15.0. The van der Waals surface area contributed by atoms with Gasteiger partial charge in [0, 0.05) is 34.1 Å². The molecule has 17 aromatic rings. The minimum Gasteiger partial charge on any atom is -0.311 e. The number of anilines is 6. The molecule has 17 rings (SSSR count). The molecule has 0 radical (unpaired) electrons. The highest BCUT2D eigenvalue weighted by atomic mass is 15.1. The number of hydrogen-bond donors (Lipinski definition) is 0. The van der Waals surface area contributed by atoms with Gasteiger partial charge in [0.25, 0.3) is 0 Å². The Morgan fingerprint density at radius 2 is 0.417 bits per heavy atom. The first-order chi connectivity index (χ1) is 47.6. The fraction of sp³-hybridized carbons (Fsp3) is 0. The summed E-state index contributed by atoms with van der Waals surface area (Å²) in [6.45, 7) is 0. The Bertz CT molecular complexity index is 5750. The molecule has 0 atom stereocenters. The third-order valence-electron chi connectivity index (χ3n) is 19.1. The first-order valence-corrected chi connectivity index (χ1v) is 33.0. The van der Waals surface area contributed by atoms with Crippen LogP contribution in [-0.4, -0.2) is 0 Å². The zero-order chi connectivity index (χ0) is 63.7. The fourth-order valence-corrected chi connectivity index (χ4v) is 14.3. The third kappa shape index (κ3) is 10.9. The van der Waals surface area contributed by atoms with E-state index in [-0.39, 0.29) is 0 Å². The lowest BCUT2D eigenvalue weighted by Crippen LogP contribution is -2.09. The molecular weight excluding hydrogens is 1160 g/mol. The average molecular weight is 1220 g/mol. The van der Waals surface area contributed by atoms with Gasteiger partial charge in [0.2, 0.25) is 0 Å². The fourth-order valence-electron chi connectivity index (χ4n) is 14.3. The van der Waals surface area contributed by atoms with Crippen LogP contribution in [0.2, 0.25) is 0 Å². The van der Waals surface area contributed by atoms with Crippen molar-refractivity contribution in [2.45, 2.75) is 0 Å². The molecule has 0 aliphatic heterocycles. The van der Waals surface area contributed by atoms with Gasteiger partial charge in [-0.3, -0.25) is 0 Å². The van der Waals surface area contributed by atoms with Gasteiger partial charge in [-0.15, -0.1) is 0 Å². The van der Waals surface area contributed by atoms with E-state index in [1.807, 2.05) is 0 Å². The molecule has 2 heteroatoms. The Labute approximate surface area is 560 Å². The lowest BCUT2D eigenvalue weighted by molar-refractivity contribution is 1.28. The van der Waals surface area contributed by atoms with Crippen LogP contribution < -0.4 is 9.80 Å². The molecule has 0 saturated heterocycles. The third-order valence-corrected chi connectivity index (χ3v) is 19.1. The van der Waals surface area contributed by atoms with Crippen molar-refractivity contribution in [1.82, 2.24) is 0 Å². The van der Waals surface area contributed by atoms with E-state index >= 15 is 0 Å². The van der Waals surface area contributed by atoms with Gasteiger partial charge in [-0.1, -0.05) is 315 Å². The predicted molar refractivity (Wildman–Crippen MR) is 413 cm³/mol. The van der Waals surface area contributed by atoms with Crippen LogP contribution >= 0.6 is 0 Å². The van der Waals surface area contributed by atoms with E-state index in [0.717, 1.165) is 56.4 Å². The summed E-state index contributed by atoms with van der Waals surface area (Å²) in [5.41, 5.74) is 20.7. The van der Waals surface area contributed by atoms with Crippen molar-refractivity contribution in [3.63, 3.8) is 0 Å². The zero-order valence-electron chi connectivity index (χ0n) is 52.8. The first-order valence-electron chi connectivity index (χ1n) is 33.0. The van der Waals surface area contributed by atoms with Crippen molar-refractivity contribution in [2.75, 3.05) is 9.80 Å². The van der Waals surface area contributed by atoms with Gasteiger partial charge in [-0.05, 0) is 204 Å². The van der Waals surface area contributed by atoms with Gasteiger partial charge in [0.1, 0.15) is 0 Å². The summed E-state index contributed by atoms with van der Waals surface area (Å²) in [6.07, 6.45) is 8.68. The van der Waals surface area contributed by atoms with E-state index < -0.39 is 0 Å². The minimum atomic E-state index is 1.09. The largest absolute Gasteiger partial charge is 0.311 e. The maximum atomic E-state index is 2.36. The van der Waals surface area contributed by atoms with E-state index in [2.05, 4.69) is 398 Å². The van der Waals surface area contributed by atoms with Gasteiger partial charge >= 0.3 is 0 Å². The van der Waals surface area contributed by atoms with E-state index in [1.165, 1.54) is 109 Å². The quantitative estimate of drug-likeness (QED) is 0.0791. The van der Waals surface area contributed by atoms with Crippen molar-refractivity contribution < 1.29 is 0 Å². The lowest BCUT2D eigenvalue weighted by atomic mass is 9.86. The summed E-state index contributed by atoms with van der Waals surface area (Å²) in [5, 5.41) is 14.9. The van der Waals surface area contributed by atoms with E-state index in [1.54, 1.807) is 0 Å². The van der Waals surface area contributed by atoms with Crippen LogP contribution in [0.1, 0.15) is 22.3 Å². The highest BCUT2D eigenvalue weighted by Crippen LogP contribution is 2.46. The van der Waals surface area contributed by atoms with Crippen LogP contribution in [0.15, 0.2) is 364 Å². The summed E-state index contributed by atoms with van der Waals surface area (Å²) in [4.78, 5) is 4.68. The van der Waals surface area contributed by atoms with Crippen molar-refractivity contribution >= 4 is 123 Å². The number of benzene rings is 17. The van der Waals surface area contributed by atoms with Gasteiger partial charge in [0.05, 0.1) is 0 Å². The molecule has 96 heavy (non-hydrogen) atoms. The minimum absolute atomic E-state index is 1.09. The standard InChI is InChI=1S/C94H64N2/c1-5-17-65(18-6-1)29-31-67-33-47-77(48-34-67)95(75-23-9-3-10-24-75)79-51-41-72(42-52-79)84-58-59-85(93-90(84)64-62-87-81-27-15-13-21-69(81)45-55-91(87)93)73-39-37-71(38-40-73)83-57-60-86(94-89(83)63-61-88-82-28-16-14-22-70(82)46-56-92(88)94)74-43-53-80(54-44-74)96(76-25-11-4-12-26-76)78-49-35-68(36-50-78)32-30-66-19-7-2-8-20-66/h1-64H. The van der Waals surface area contributed by atoms with E-state index in [0.29, 0.717) is 0 Å². The molecule has 0 aliphatic carbocycles. The van der Waals surface area contributed by atoms with Gasteiger partial charge < -0.3 is 9.80 Å². The second kappa shape index (κ2) is 25.1. The zero-order valence-corrected chi connectivity index (χ0v) is 52.8. The molecule has 2 nitrogen and oxygen atoms in total. The highest BCUT2D eigenvalue weighted by Gasteiger charge is 2.20. The second-order valence-corrected chi connectivity index (χ2v) is 24.7.